The Kier molecular flexibility index (Phi) is 4.60. The van der Waals surface area contributed by atoms with Gasteiger partial charge >= 0.3 is 0 Å². The van der Waals surface area contributed by atoms with Crippen LogP contribution in [0.1, 0.15) is 39.5 Å². The third-order valence-electron chi connectivity index (χ3n) is 4.27. The smallest absolute Gasteiger partial charge is 0.150 e. The van der Waals surface area contributed by atoms with Crippen molar-refractivity contribution in [2.75, 3.05) is 12.8 Å². The Morgan fingerprint density at radius 2 is 2.00 bits per heavy atom. The molecule has 3 unspecified atom stereocenters. The summed E-state index contributed by atoms with van der Waals surface area (Å²) in [5.41, 5.74) is 4.77. The summed E-state index contributed by atoms with van der Waals surface area (Å²) in [5, 5.41) is 10.3. The summed E-state index contributed by atoms with van der Waals surface area (Å²) in [6.07, 6.45) is 4.28. The Morgan fingerprint density at radius 1 is 1.41 bits per heavy atom. The van der Waals surface area contributed by atoms with E-state index in [1.165, 1.54) is 6.26 Å². The van der Waals surface area contributed by atoms with E-state index in [-0.39, 0.29) is 23.6 Å². The van der Waals surface area contributed by atoms with Gasteiger partial charge in [-0.15, -0.1) is 0 Å². The van der Waals surface area contributed by atoms with Gasteiger partial charge in [-0.2, -0.15) is 0 Å². The molecule has 1 rings (SSSR count). The predicted octanol–water partition coefficient (Wildman–Crippen LogP) is 0.936. The fourth-order valence-corrected chi connectivity index (χ4v) is 4.04. The average molecular weight is 263 g/mol. The molecular weight excluding hydrogens is 238 g/mol. The summed E-state index contributed by atoms with van der Waals surface area (Å²) in [6.45, 7) is 4.08. The molecule has 1 fully saturated rings. The van der Waals surface area contributed by atoms with Crippen LogP contribution in [0.5, 0.6) is 0 Å². The molecule has 0 saturated heterocycles. The van der Waals surface area contributed by atoms with E-state index < -0.39 is 15.4 Å². The lowest BCUT2D eigenvalue weighted by molar-refractivity contribution is -0.0619. The zero-order chi connectivity index (χ0) is 13.3. The zero-order valence-electron chi connectivity index (χ0n) is 11.0. The molecule has 3 atom stereocenters. The molecule has 0 radical (unpaired) electrons. The van der Waals surface area contributed by atoms with Crippen LogP contribution in [0.15, 0.2) is 0 Å². The number of hydrogen-bond acceptors (Lipinski definition) is 4. The molecule has 1 aliphatic rings. The van der Waals surface area contributed by atoms with Crippen LogP contribution in [0.3, 0.4) is 0 Å². The van der Waals surface area contributed by atoms with Gasteiger partial charge in [0, 0.05) is 12.8 Å². The quantitative estimate of drug-likeness (QED) is 0.791. The van der Waals surface area contributed by atoms with Gasteiger partial charge in [0.1, 0.15) is 9.84 Å². The molecule has 17 heavy (non-hydrogen) atoms. The van der Waals surface area contributed by atoms with Crippen molar-refractivity contribution in [1.82, 2.24) is 0 Å². The topological polar surface area (TPSA) is 80.4 Å². The van der Waals surface area contributed by atoms with Crippen LogP contribution in [-0.2, 0) is 9.84 Å². The molecule has 0 aliphatic heterocycles. The monoisotopic (exact) mass is 263 g/mol. The minimum Gasteiger partial charge on any atom is -0.388 e. The highest BCUT2D eigenvalue weighted by Gasteiger charge is 2.42. The highest BCUT2D eigenvalue weighted by atomic mass is 32.2. The van der Waals surface area contributed by atoms with Crippen LogP contribution in [0.25, 0.3) is 0 Å². The summed E-state index contributed by atoms with van der Waals surface area (Å²) < 4.78 is 23.2. The second-order valence-corrected chi connectivity index (χ2v) is 7.99. The first-order valence-corrected chi connectivity index (χ1v) is 8.28. The van der Waals surface area contributed by atoms with Crippen molar-refractivity contribution >= 4 is 9.84 Å². The molecule has 0 amide bonds. The van der Waals surface area contributed by atoms with E-state index in [2.05, 4.69) is 0 Å². The molecule has 3 N–H and O–H groups in total. The van der Waals surface area contributed by atoms with Crippen LogP contribution < -0.4 is 5.73 Å². The molecule has 0 aromatic carbocycles. The van der Waals surface area contributed by atoms with Gasteiger partial charge in [-0.3, -0.25) is 0 Å². The summed E-state index contributed by atoms with van der Waals surface area (Å²) in [6, 6.07) is 0. The van der Waals surface area contributed by atoms with E-state index >= 15 is 0 Å². The molecule has 0 spiro atoms. The molecule has 4 nitrogen and oxygen atoms in total. The number of sulfone groups is 1. The van der Waals surface area contributed by atoms with Gasteiger partial charge in [-0.05, 0) is 31.1 Å². The first-order chi connectivity index (χ1) is 7.71. The van der Waals surface area contributed by atoms with E-state index in [0.29, 0.717) is 12.8 Å². The van der Waals surface area contributed by atoms with Gasteiger partial charge < -0.3 is 10.8 Å². The molecule has 0 aromatic rings. The minimum atomic E-state index is -3.00. The van der Waals surface area contributed by atoms with Crippen LogP contribution in [-0.4, -0.2) is 37.2 Å². The highest BCUT2D eigenvalue weighted by molar-refractivity contribution is 7.91. The predicted molar refractivity (Wildman–Crippen MR) is 69.4 cm³/mol. The summed E-state index contributed by atoms with van der Waals surface area (Å²) >= 11 is 0. The van der Waals surface area contributed by atoms with E-state index in [0.717, 1.165) is 12.8 Å². The largest absolute Gasteiger partial charge is 0.388 e. The van der Waals surface area contributed by atoms with Crippen LogP contribution in [0, 0.1) is 11.8 Å². The third kappa shape index (κ3) is 3.20. The first kappa shape index (κ1) is 14.9. The van der Waals surface area contributed by atoms with Gasteiger partial charge in [0.2, 0.25) is 0 Å². The maximum Gasteiger partial charge on any atom is 0.150 e. The molecule has 0 aromatic heterocycles. The molecule has 102 valence electrons. The maximum absolute atomic E-state index is 11.6. The Labute approximate surface area is 105 Å². The minimum absolute atomic E-state index is 0.000903. The Balaban J connectivity index is 2.86. The van der Waals surface area contributed by atoms with Crippen molar-refractivity contribution in [2.24, 2.45) is 17.6 Å². The van der Waals surface area contributed by atoms with Crippen molar-refractivity contribution in [2.45, 2.75) is 50.4 Å². The summed E-state index contributed by atoms with van der Waals surface area (Å²) in [4.78, 5) is 0. The van der Waals surface area contributed by atoms with Crippen molar-refractivity contribution < 1.29 is 13.5 Å². The highest BCUT2D eigenvalue weighted by Crippen LogP contribution is 2.38. The second kappa shape index (κ2) is 5.24. The van der Waals surface area contributed by atoms with Gasteiger partial charge in [-0.1, -0.05) is 20.3 Å². The fourth-order valence-electron chi connectivity index (χ4n) is 2.86. The van der Waals surface area contributed by atoms with Gasteiger partial charge in [0.05, 0.1) is 10.9 Å². The van der Waals surface area contributed by atoms with E-state index in [1.807, 2.05) is 13.8 Å². The van der Waals surface area contributed by atoms with E-state index in [4.69, 9.17) is 5.73 Å². The fraction of sp³-hybridized carbons (Fsp3) is 1.00. The van der Waals surface area contributed by atoms with E-state index in [1.54, 1.807) is 0 Å². The number of aliphatic hydroxyl groups is 1. The molecule has 5 heteroatoms. The average Bonchev–Trinajstić information content (AvgIpc) is 2.26. The van der Waals surface area contributed by atoms with Gasteiger partial charge in [-0.25, -0.2) is 8.42 Å². The van der Waals surface area contributed by atoms with Crippen LogP contribution >= 0.6 is 0 Å². The number of hydrogen-bond donors (Lipinski definition) is 2. The normalized spacial score (nSPS) is 30.2. The lowest BCUT2D eigenvalue weighted by Crippen LogP contribution is -2.51. The van der Waals surface area contributed by atoms with E-state index in [9.17, 15) is 13.5 Å². The molecule has 1 saturated carbocycles. The summed E-state index contributed by atoms with van der Waals surface area (Å²) in [7, 11) is -3.00. The lowest BCUT2D eigenvalue weighted by Gasteiger charge is -2.42. The van der Waals surface area contributed by atoms with Crippen LogP contribution in [0.4, 0.5) is 0 Å². The number of nitrogens with two attached hydrogens (primary N) is 1. The Hall–Kier alpha value is -0.130. The second-order valence-electron chi connectivity index (χ2n) is 5.67. The van der Waals surface area contributed by atoms with Gasteiger partial charge in [0.15, 0.2) is 0 Å². The van der Waals surface area contributed by atoms with Gasteiger partial charge in [0.25, 0.3) is 0 Å². The third-order valence-corrected chi connectivity index (χ3v) is 5.90. The summed E-state index contributed by atoms with van der Waals surface area (Å²) in [5.74, 6) is 0.0526. The Morgan fingerprint density at radius 3 is 2.41 bits per heavy atom. The maximum atomic E-state index is 11.6. The van der Waals surface area contributed by atoms with Crippen molar-refractivity contribution in [3.8, 4) is 0 Å². The molecule has 1 aliphatic carbocycles. The van der Waals surface area contributed by atoms with Crippen LogP contribution in [0.2, 0.25) is 0 Å². The van der Waals surface area contributed by atoms with Crippen molar-refractivity contribution in [3.05, 3.63) is 0 Å². The van der Waals surface area contributed by atoms with Crippen molar-refractivity contribution in [1.29, 1.82) is 0 Å². The number of rotatable bonds is 4. The molecule has 0 bridgehead atoms. The molecule has 0 heterocycles. The van der Waals surface area contributed by atoms with Crippen molar-refractivity contribution in [3.63, 3.8) is 0 Å². The molecular formula is C12H25NO3S. The SMILES string of the molecule is CC(C)C(O)(CN)C1CCCC(S(C)(=O)=O)C1. The zero-order valence-corrected chi connectivity index (χ0v) is 11.8. The Bertz CT molecular complexity index is 353. The standard InChI is InChI=1S/C12H25NO3S/c1-9(2)12(14,8-13)10-5-4-6-11(7-10)17(3,15)16/h9-11,14H,4-8,13H2,1-3H3. The first-order valence-electron chi connectivity index (χ1n) is 6.33. The lowest BCUT2D eigenvalue weighted by atomic mass is 9.71.